The van der Waals surface area contributed by atoms with E-state index in [-0.39, 0.29) is 55.0 Å². The number of rotatable bonds is 0. The number of benzene rings is 1. The highest BCUT2D eigenvalue weighted by molar-refractivity contribution is 5.81. The van der Waals surface area contributed by atoms with Crippen molar-refractivity contribution in [3.05, 3.63) is 29.6 Å². The second-order valence-electron chi connectivity index (χ2n) is 9.31. The van der Waals surface area contributed by atoms with E-state index in [2.05, 4.69) is 5.32 Å². The summed E-state index contributed by atoms with van der Waals surface area (Å²) in [5, 5.41) is 3.10. The van der Waals surface area contributed by atoms with Gasteiger partial charge in [-0.05, 0) is 57.1 Å². The van der Waals surface area contributed by atoms with Crippen molar-refractivity contribution in [2.75, 3.05) is 26.4 Å². The van der Waals surface area contributed by atoms with Gasteiger partial charge >= 0.3 is 0 Å². The lowest BCUT2D eigenvalue weighted by molar-refractivity contribution is -0.145. The SMILES string of the molecule is C[C@@H]1CC2(COCC(=O)N2)C2CO[C@H]3CC[C@H](CC3)c3c(F)cccc3OCC(=O)N21. The van der Waals surface area contributed by atoms with Crippen LogP contribution in [0.1, 0.15) is 50.5 Å². The predicted octanol–water partition coefficient (Wildman–Crippen LogP) is 2.14. The van der Waals surface area contributed by atoms with Gasteiger partial charge in [0, 0.05) is 11.6 Å². The maximum Gasteiger partial charge on any atom is 0.261 e. The summed E-state index contributed by atoms with van der Waals surface area (Å²) in [7, 11) is 0. The van der Waals surface area contributed by atoms with Crippen LogP contribution in [-0.2, 0) is 19.1 Å². The van der Waals surface area contributed by atoms with Gasteiger partial charge in [-0.25, -0.2) is 4.39 Å². The summed E-state index contributed by atoms with van der Waals surface area (Å²) >= 11 is 0. The van der Waals surface area contributed by atoms with Crippen LogP contribution in [0.3, 0.4) is 0 Å². The first-order valence-corrected chi connectivity index (χ1v) is 11.2. The minimum Gasteiger partial charge on any atom is -0.483 e. The van der Waals surface area contributed by atoms with E-state index < -0.39 is 5.54 Å². The summed E-state index contributed by atoms with van der Waals surface area (Å²) < 4.78 is 32.5. The summed E-state index contributed by atoms with van der Waals surface area (Å²) in [4.78, 5) is 27.2. The molecule has 2 unspecified atom stereocenters. The van der Waals surface area contributed by atoms with Gasteiger partial charge in [-0.1, -0.05) is 6.07 Å². The Hall–Kier alpha value is -2.19. The number of nitrogens with one attached hydrogen (secondary N) is 1. The van der Waals surface area contributed by atoms with Gasteiger partial charge in [0.25, 0.3) is 5.91 Å². The van der Waals surface area contributed by atoms with Crippen LogP contribution in [0.4, 0.5) is 4.39 Å². The van der Waals surface area contributed by atoms with E-state index in [0.717, 1.165) is 25.7 Å². The number of fused-ring (bicyclic) bond motifs is 5. The molecule has 31 heavy (non-hydrogen) atoms. The Morgan fingerprint density at radius 1 is 1.16 bits per heavy atom. The molecule has 1 aliphatic carbocycles. The van der Waals surface area contributed by atoms with Crippen LogP contribution in [0.25, 0.3) is 0 Å². The Morgan fingerprint density at radius 3 is 2.74 bits per heavy atom. The monoisotopic (exact) mass is 432 g/mol. The first-order valence-electron chi connectivity index (χ1n) is 11.2. The number of halogens is 1. The van der Waals surface area contributed by atoms with E-state index in [1.165, 1.54) is 6.07 Å². The highest BCUT2D eigenvalue weighted by Gasteiger charge is 2.55. The van der Waals surface area contributed by atoms with Crippen LogP contribution in [-0.4, -0.2) is 66.9 Å². The zero-order chi connectivity index (χ0) is 21.6. The quantitative estimate of drug-likeness (QED) is 0.680. The zero-order valence-electron chi connectivity index (χ0n) is 17.8. The number of hydrogen-bond acceptors (Lipinski definition) is 5. The van der Waals surface area contributed by atoms with Crippen molar-refractivity contribution < 1.29 is 28.2 Å². The van der Waals surface area contributed by atoms with Crippen LogP contribution in [0, 0.1) is 5.82 Å². The highest BCUT2D eigenvalue weighted by Crippen LogP contribution is 2.41. The van der Waals surface area contributed by atoms with Crippen LogP contribution in [0.15, 0.2) is 18.2 Å². The number of ether oxygens (including phenoxy) is 3. The Balaban J connectivity index is 1.48. The molecule has 5 aliphatic rings. The van der Waals surface area contributed by atoms with Gasteiger partial charge in [0.15, 0.2) is 6.61 Å². The maximum absolute atomic E-state index is 14.7. The lowest BCUT2D eigenvalue weighted by Gasteiger charge is -2.41. The lowest BCUT2D eigenvalue weighted by atomic mass is 9.82. The molecule has 1 spiro atoms. The third kappa shape index (κ3) is 3.69. The fraction of sp³-hybridized carbons (Fsp3) is 0.652. The summed E-state index contributed by atoms with van der Waals surface area (Å²) in [5.74, 6) is -0.138. The van der Waals surface area contributed by atoms with Crippen molar-refractivity contribution in [1.29, 1.82) is 0 Å². The molecule has 3 atom stereocenters. The molecule has 1 N–H and O–H groups in total. The fourth-order valence-corrected chi connectivity index (χ4v) is 5.96. The lowest BCUT2D eigenvalue weighted by Crippen LogP contribution is -2.65. The first kappa shape index (κ1) is 20.7. The Kier molecular flexibility index (Phi) is 5.38. The molecular formula is C23H29FN2O5. The third-order valence-corrected chi connectivity index (χ3v) is 7.31. The maximum atomic E-state index is 14.7. The Morgan fingerprint density at radius 2 is 1.97 bits per heavy atom. The normalized spacial score (nSPS) is 36.0. The number of carbonyl (C=O) groups excluding carboxylic acids is 2. The average molecular weight is 432 g/mol. The zero-order valence-corrected chi connectivity index (χ0v) is 17.8. The van der Waals surface area contributed by atoms with Crippen molar-refractivity contribution in [1.82, 2.24) is 10.2 Å². The number of carbonyl (C=O) groups is 2. The summed E-state index contributed by atoms with van der Waals surface area (Å²) in [6.45, 7) is 2.50. The van der Waals surface area contributed by atoms with Gasteiger partial charge in [0.1, 0.15) is 18.2 Å². The van der Waals surface area contributed by atoms with Gasteiger partial charge in [-0.15, -0.1) is 0 Å². The summed E-state index contributed by atoms with van der Waals surface area (Å²) in [6.07, 6.45) is 3.92. The second kappa shape index (κ2) is 8.06. The van der Waals surface area contributed by atoms with Crippen molar-refractivity contribution in [2.45, 2.75) is 68.7 Å². The van der Waals surface area contributed by atoms with Gasteiger partial charge < -0.3 is 24.4 Å². The standard InChI is InChI=1S/C23H29FN2O5/c1-14-9-23(13-29-11-20(27)25-23)19-10-30-16-7-5-15(6-8-16)22-17(24)3-2-4-18(22)31-12-21(28)26(14)19/h2-4,14-16,19H,5-13H2,1H3,(H,25,27)/t14-,15-,16+,19?,23?/m1/s1. The van der Waals surface area contributed by atoms with E-state index >= 15 is 0 Å². The van der Waals surface area contributed by atoms with Crippen LogP contribution in [0.5, 0.6) is 5.75 Å². The molecule has 2 saturated heterocycles. The van der Waals surface area contributed by atoms with Crippen molar-refractivity contribution in [2.24, 2.45) is 0 Å². The van der Waals surface area contributed by atoms with E-state index in [4.69, 9.17) is 14.2 Å². The molecule has 1 aromatic rings. The van der Waals surface area contributed by atoms with Crippen LogP contribution < -0.4 is 10.1 Å². The number of amides is 2. The minimum atomic E-state index is -0.661. The molecule has 3 fully saturated rings. The second-order valence-corrected chi connectivity index (χ2v) is 9.31. The molecule has 1 saturated carbocycles. The first-order chi connectivity index (χ1) is 15.0. The number of morpholine rings is 1. The van der Waals surface area contributed by atoms with E-state index in [1.807, 2.05) is 6.92 Å². The molecule has 7 nitrogen and oxygen atoms in total. The largest absolute Gasteiger partial charge is 0.483 e. The topological polar surface area (TPSA) is 77.1 Å². The molecule has 4 aliphatic heterocycles. The van der Waals surface area contributed by atoms with Crippen LogP contribution in [0.2, 0.25) is 0 Å². The molecule has 2 amide bonds. The molecule has 0 aromatic heterocycles. The third-order valence-electron chi connectivity index (χ3n) is 7.31. The molecule has 2 bridgehead atoms. The number of nitrogens with zero attached hydrogens (tertiary/aromatic N) is 1. The van der Waals surface area contributed by atoms with E-state index in [0.29, 0.717) is 30.9 Å². The number of hydrogen-bond donors (Lipinski definition) is 1. The van der Waals surface area contributed by atoms with Crippen molar-refractivity contribution in [3.8, 4) is 5.75 Å². The molecule has 168 valence electrons. The van der Waals surface area contributed by atoms with Crippen LogP contribution >= 0.6 is 0 Å². The predicted molar refractivity (Wildman–Crippen MR) is 109 cm³/mol. The summed E-state index contributed by atoms with van der Waals surface area (Å²) in [6, 6.07) is 4.37. The minimum absolute atomic E-state index is 0.0348. The Labute approximate surface area is 181 Å². The smallest absolute Gasteiger partial charge is 0.261 e. The molecular weight excluding hydrogens is 403 g/mol. The average Bonchev–Trinajstić information content (AvgIpc) is 3.01. The van der Waals surface area contributed by atoms with E-state index in [1.54, 1.807) is 17.0 Å². The fourth-order valence-electron chi connectivity index (χ4n) is 5.96. The van der Waals surface area contributed by atoms with Gasteiger partial charge in [0.2, 0.25) is 5.91 Å². The van der Waals surface area contributed by atoms with Crippen molar-refractivity contribution >= 4 is 11.8 Å². The van der Waals surface area contributed by atoms with Gasteiger partial charge in [-0.3, -0.25) is 9.59 Å². The van der Waals surface area contributed by atoms with E-state index in [9.17, 15) is 14.0 Å². The molecule has 1 aromatic carbocycles. The molecule has 6 rings (SSSR count). The van der Waals surface area contributed by atoms with Crippen molar-refractivity contribution in [3.63, 3.8) is 0 Å². The molecule has 4 heterocycles. The highest BCUT2D eigenvalue weighted by atomic mass is 19.1. The summed E-state index contributed by atoms with van der Waals surface area (Å²) in [5.41, 5.74) is -0.0883. The molecule has 0 radical (unpaired) electrons. The molecule has 8 heteroatoms. The van der Waals surface area contributed by atoms with Gasteiger partial charge in [0.05, 0.1) is 30.9 Å². The van der Waals surface area contributed by atoms with Gasteiger partial charge in [-0.2, -0.15) is 0 Å². The Bertz CT molecular complexity index is 872.